The van der Waals surface area contributed by atoms with Gasteiger partial charge in [0.05, 0.1) is 13.2 Å². The lowest BCUT2D eigenvalue weighted by Gasteiger charge is -2.18. The molecule has 1 heterocycles. The van der Waals surface area contributed by atoms with Gasteiger partial charge in [0, 0.05) is 12.3 Å². The third kappa shape index (κ3) is 6.11. The number of aliphatic hydroxyl groups is 1. The quantitative estimate of drug-likeness (QED) is 0.454. The van der Waals surface area contributed by atoms with Crippen molar-refractivity contribution in [2.75, 3.05) is 7.11 Å². The summed E-state index contributed by atoms with van der Waals surface area (Å²) in [5.41, 5.74) is 0. The van der Waals surface area contributed by atoms with E-state index in [9.17, 15) is 18.7 Å². The molecule has 1 unspecified atom stereocenters. The van der Waals surface area contributed by atoms with Gasteiger partial charge in [-0.25, -0.2) is 8.78 Å². The van der Waals surface area contributed by atoms with Crippen molar-refractivity contribution in [2.45, 2.75) is 82.5 Å². The van der Waals surface area contributed by atoms with Crippen LogP contribution in [0.15, 0.2) is 24.3 Å². The van der Waals surface area contributed by atoms with E-state index in [1.807, 2.05) is 6.92 Å². The fourth-order valence-corrected chi connectivity index (χ4v) is 3.97. The Morgan fingerprint density at radius 2 is 2.15 bits per heavy atom. The number of carbonyl (C=O) groups is 1. The van der Waals surface area contributed by atoms with Crippen molar-refractivity contribution in [2.24, 2.45) is 11.8 Å². The van der Waals surface area contributed by atoms with Crippen molar-refractivity contribution < 1.29 is 28.2 Å². The highest BCUT2D eigenvalue weighted by atomic mass is 19.1. The molecule has 1 saturated carbocycles. The third-order valence-electron chi connectivity index (χ3n) is 5.55. The molecular weight excluding hydrogens is 354 g/mol. The van der Waals surface area contributed by atoms with Gasteiger partial charge in [0.2, 0.25) is 0 Å². The van der Waals surface area contributed by atoms with Crippen LogP contribution in [-0.2, 0) is 14.3 Å². The summed E-state index contributed by atoms with van der Waals surface area (Å²) in [5, 5.41) is 9.94. The molecule has 1 saturated heterocycles. The van der Waals surface area contributed by atoms with Gasteiger partial charge in [-0.1, -0.05) is 44.1 Å². The maximum Gasteiger partial charge on any atom is 0.305 e. The Kier molecular flexibility index (Phi) is 8.90. The molecule has 6 heteroatoms. The zero-order valence-electron chi connectivity index (χ0n) is 16.2. The fraction of sp³-hybridized carbons (Fsp3) is 0.762. The van der Waals surface area contributed by atoms with Gasteiger partial charge in [0.15, 0.2) is 0 Å². The Balaban J connectivity index is 1.86. The van der Waals surface area contributed by atoms with Crippen LogP contribution in [0.5, 0.6) is 0 Å². The monoisotopic (exact) mass is 386 g/mol. The zero-order valence-corrected chi connectivity index (χ0v) is 16.2. The summed E-state index contributed by atoms with van der Waals surface area (Å²) in [6.07, 6.45) is 6.64. The molecular formula is C21H32F2O4. The van der Waals surface area contributed by atoms with Crippen LogP contribution in [0.2, 0.25) is 0 Å². The maximum absolute atomic E-state index is 14.9. The smallest absolute Gasteiger partial charge is 0.305 e. The summed E-state index contributed by atoms with van der Waals surface area (Å²) in [6, 6.07) is 0. The van der Waals surface area contributed by atoms with Crippen molar-refractivity contribution in [3.05, 3.63) is 24.3 Å². The van der Waals surface area contributed by atoms with E-state index in [0.29, 0.717) is 12.8 Å². The minimum absolute atomic E-state index is 0.0495. The number of halogens is 2. The van der Waals surface area contributed by atoms with Crippen LogP contribution >= 0.6 is 0 Å². The van der Waals surface area contributed by atoms with Gasteiger partial charge in [-0.3, -0.25) is 4.79 Å². The molecule has 27 heavy (non-hydrogen) atoms. The first-order valence-corrected chi connectivity index (χ1v) is 10.0. The largest absolute Gasteiger partial charge is 0.469 e. The third-order valence-corrected chi connectivity index (χ3v) is 5.55. The predicted molar refractivity (Wildman–Crippen MR) is 99.7 cm³/mol. The lowest BCUT2D eigenvalue weighted by Crippen LogP contribution is -2.25. The molecule has 0 aromatic carbocycles. The van der Waals surface area contributed by atoms with E-state index < -0.39 is 24.6 Å². The van der Waals surface area contributed by atoms with E-state index in [1.54, 1.807) is 18.2 Å². The number of unbranched alkanes of at least 4 members (excludes halogenated alkanes) is 1. The molecule has 0 aromatic rings. The molecule has 4 nitrogen and oxygen atoms in total. The molecule has 2 fully saturated rings. The first-order chi connectivity index (χ1) is 13.0. The molecule has 0 amide bonds. The van der Waals surface area contributed by atoms with E-state index in [2.05, 4.69) is 4.74 Å². The molecule has 2 aliphatic rings. The number of ether oxygens (including phenoxy) is 2. The molecule has 7 atom stereocenters. The highest BCUT2D eigenvalue weighted by Gasteiger charge is 2.50. The Morgan fingerprint density at radius 1 is 1.37 bits per heavy atom. The number of hydrogen-bond donors (Lipinski definition) is 1. The van der Waals surface area contributed by atoms with Crippen LogP contribution in [0.25, 0.3) is 0 Å². The van der Waals surface area contributed by atoms with Gasteiger partial charge < -0.3 is 14.6 Å². The standard InChI is InChI=1S/C21H32F2O4/c1-3-4-7-15(22)16(24)12-10-14-11-13-17-20(14)21(23)18(27-17)8-5-6-9-19(25)26-2/h5,8,10,12,14-18,20-21,24H,3-4,6-7,9,11,13H2,1-2H3/t14-,15+,16+,17+,18?,20+,21+/m0/s1. The van der Waals surface area contributed by atoms with Crippen LogP contribution in [0.1, 0.15) is 51.9 Å². The lowest BCUT2D eigenvalue weighted by atomic mass is 9.89. The molecule has 1 aliphatic carbocycles. The van der Waals surface area contributed by atoms with Gasteiger partial charge in [-0.15, -0.1) is 0 Å². The van der Waals surface area contributed by atoms with Crippen molar-refractivity contribution in [3.63, 3.8) is 0 Å². The summed E-state index contributed by atoms with van der Waals surface area (Å²) in [6.45, 7) is 1.98. The topological polar surface area (TPSA) is 55.8 Å². The van der Waals surface area contributed by atoms with E-state index in [0.717, 1.165) is 25.7 Å². The van der Waals surface area contributed by atoms with Crippen molar-refractivity contribution in [3.8, 4) is 0 Å². The number of rotatable bonds is 10. The Bertz CT molecular complexity index is 522. The van der Waals surface area contributed by atoms with E-state index in [4.69, 9.17) is 4.74 Å². The highest BCUT2D eigenvalue weighted by molar-refractivity contribution is 5.69. The van der Waals surface area contributed by atoms with Crippen LogP contribution in [0, 0.1) is 11.8 Å². The Morgan fingerprint density at radius 3 is 2.85 bits per heavy atom. The van der Waals surface area contributed by atoms with Crippen molar-refractivity contribution in [1.29, 1.82) is 0 Å². The summed E-state index contributed by atoms with van der Waals surface area (Å²) in [5.74, 6) is -0.613. The normalized spacial score (nSPS) is 32.9. The second kappa shape index (κ2) is 10.9. The highest BCUT2D eigenvalue weighted by Crippen LogP contribution is 2.45. The Hall–Kier alpha value is -1.27. The minimum atomic E-state index is -1.27. The molecule has 0 radical (unpaired) electrons. The zero-order chi connectivity index (χ0) is 19.8. The lowest BCUT2D eigenvalue weighted by molar-refractivity contribution is -0.140. The minimum Gasteiger partial charge on any atom is -0.469 e. The molecule has 0 spiro atoms. The van der Waals surface area contributed by atoms with Gasteiger partial charge in [-0.2, -0.15) is 0 Å². The molecule has 154 valence electrons. The van der Waals surface area contributed by atoms with E-state index >= 15 is 0 Å². The van der Waals surface area contributed by atoms with Crippen LogP contribution in [-0.4, -0.2) is 48.8 Å². The van der Waals surface area contributed by atoms with Gasteiger partial charge >= 0.3 is 5.97 Å². The number of esters is 1. The number of allylic oxidation sites excluding steroid dienone is 2. The van der Waals surface area contributed by atoms with E-state index in [-0.39, 0.29) is 30.3 Å². The van der Waals surface area contributed by atoms with Gasteiger partial charge in [0.25, 0.3) is 0 Å². The maximum atomic E-state index is 14.9. The predicted octanol–water partition coefficient (Wildman–Crippen LogP) is 4.07. The molecule has 1 N–H and O–H groups in total. The van der Waals surface area contributed by atoms with Crippen molar-refractivity contribution >= 4 is 5.97 Å². The van der Waals surface area contributed by atoms with Crippen LogP contribution in [0.4, 0.5) is 8.78 Å². The van der Waals surface area contributed by atoms with Crippen molar-refractivity contribution in [1.82, 2.24) is 0 Å². The SMILES string of the molecule is CCCC[C@@H](F)[C@H](O)C=C[C@H]1CC[C@H]2OC(C=CCCC(=O)OC)[C@@H](F)[C@H]12. The summed E-state index contributed by atoms with van der Waals surface area (Å²) < 4.78 is 39.1. The van der Waals surface area contributed by atoms with Gasteiger partial charge in [0.1, 0.15) is 24.6 Å². The first-order valence-electron chi connectivity index (χ1n) is 10.0. The van der Waals surface area contributed by atoms with Gasteiger partial charge in [-0.05, 0) is 31.6 Å². The summed E-state index contributed by atoms with van der Waals surface area (Å²) in [7, 11) is 1.34. The average Bonchev–Trinajstić information content (AvgIpc) is 3.21. The fourth-order valence-electron chi connectivity index (χ4n) is 3.97. The average molecular weight is 386 g/mol. The van der Waals surface area contributed by atoms with E-state index in [1.165, 1.54) is 13.2 Å². The number of fused-ring (bicyclic) bond motifs is 1. The second-order valence-electron chi connectivity index (χ2n) is 7.48. The molecule has 1 aliphatic heterocycles. The number of carbonyl (C=O) groups excluding carboxylic acids is 1. The molecule has 0 bridgehead atoms. The number of aliphatic hydroxyl groups excluding tert-OH is 1. The second-order valence-corrected chi connectivity index (χ2v) is 7.48. The summed E-state index contributed by atoms with van der Waals surface area (Å²) >= 11 is 0. The number of methoxy groups -OCH3 is 1. The summed E-state index contributed by atoms with van der Waals surface area (Å²) in [4.78, 5) is 11.1. The van der Waals surface area contributed by atoms with Crippen LogP contribution < -0.4 is 0 Å². The number of alkyl halides is 2. The molecule has 0 aromatic heterocycles. The molecule has 2 rings (SSSR count). The number of hydrogen-bond acceptors (Lipinski definition) is 4. The first kappa shape index (κ1) is 22.0. The van der Waals surface area contributed by atoms with Crippen LogP contribution in [0.3, 0.4) is 0 Å². The Labute approximate surface area is 160 Å².